The molecule has 364 valence electrons. The van der Waals surface area contributed by atoms with Gasteiger partial charge in [-0.25, -0.2) is 0 Å². The van der Waals surface area contributed by atoms with E-state index in [9.17, 15) is 0 Å². The highest BCUT2D eigenvalue weighted by molar-refractivity contribution is 6.94. The highest BCUT2D eigenvalue weighted by Gasteiger charge is 2.51. The molecule has 0 saturated heterocycles. The van der Waals surface area contributed by atoms with Gasteiger partial charge < -0.3 is 45.3 Å². The fourth-order valence-corrected chi connectivity index (χ4v) is 70.4. The van der Waals surface area contributed by atoms with E-state index in [0.29, 0.717) is 0 Å². The Balaban J connectivity index is 1.99. The molecule has 2 aromatic rings. The van der Waals surface area contributed by atoms with Crippen molar-refractivity contribution in [2.24, 2.45) is 0 Å². The summed E-state index contributed by atoms with van der Waals surface area (Å²) in [5.74, 6) is 0. The maximum atomic E-state index is 6.89. The molecule has 11 nitrogen and oxygen atoms in total. The van der Waals surface area contributed by atoms with Crippen LogP contribution >= 0.6 is 0 Å². The Morgan fingerprint density at radius 2 is 0.397 bits per heavy atom. The van der Waals surface area contributed by atoms with Crippen molar-refractivity contribution < 1.29 is 45.3 Å². The summed E-state index contributed by atoms with van der Waals surface area (Å²) in [5, 5.41) is 0. The fraction of sp³-hybridized carbons (Fsp3) is 0.700. The molecule has 0 saturated carbocycles. The molecule has 0 atom stereocenters. The van der Waals surface area contributed by atoms with Crippen LogP contribution in [0.1, 0.15) is 11.1 Å². The van der Waals surface area contributed by atoms with Crippen molar-refractivity contribution in [1.29, 1.82) is 0 Å². The number of aryl methyl sites for hydroxylation is 2. The zero-order chi connectivity index (χ0) is 48.8. The normalized spacial score (nSPS) is 15.0. The minimum Gasteiger partial charge on any atom is -0.436 e. The standard InChI is InChI=1S/C40H90O11Si12/c1-52(2,37-35-39-31-27-25-28-32-39)41-54(5,6)43-56(9,10)45-58(13,14)47-60(17,18)49-62(21,22)51-63(23,24)50-61(19,20)48-59(15,16)46-57(11,12)44-55(7,8)42-53(3,4)38-36-40-33-29-26-30-34-40/h25-34H,35-38H2,1-24H3. The minimum absolute atomic E-state index is 1.01. The molecule has 0 unspecified atom stereocenters. The third-order valence-electron chi connectivity index (χ3n) is 9.19. The van der Waals surface area contributed by atoms with Crippen LogP contribution in [0.2, 0.25) is 169 Å². The molecular weight excluding hydrogens is 993 g/mol. The zero-order valence-electron chi connectivity index (χ0n) is 44.1. The Hall–Kier alpha value is 0.603. The maximum absolute atomic E-state index is 6.89. The number of benzene rings is 2. The van der Waals surface area contributed by atoms with Gasteiger partial charge in [0, 0.05) is 0 Å². The summed E-state index contributed by atoms with van der Waals surface area (Å²) in [7, 11) is -30.7. The zero-order valence-corrected chi connectivity index (χ0v) is 56.1. The van der Waals surface area contributed by atoms with Crippen molar-refractivity contribution in [3.05, 3.63) is 71.8 Å². The Bertz CT molecular complexity index is 1590. The van der Waals surface area contributed by atoms with Crippen LogP contribution in [0.25, 0.3) is 0 Å². The van der Waals surface area contributed by atoms with E-state index in [0.717, 1.165) is 24.9 Å². The Morgan fingerprint density at radius 1 is 0.238 bits per heavy atom. The van der Waals surface area contributed by atoms with Crippen LogP contribution in [0, 0.1) is 0 Å². The van der Waals surface area contributed by atoms with Crippen molar-refractivity contribution in [2.45, 2.75) is 182 Å². The molecule has 0 N–H and O–H groups in total. The predicted molar refractivity (Wildman–Crippen MR) is 292 cm³/mol. The van der Waals surface area contributed by atoms with Gasteiger partial charge in [-0.3, -0.25) is 0 Å². The average molecular weight is 1080 g/mol. The van der Waals surface area contributed by atoms with E-state index in [-0.39, 0.29) is 0 Å². The van der Waals surface area contributed by atoms with Crippen LogP contribution in [-0.2, 0) is 58.1 Å². The van der Waals surface area contributed by atoms with Crippen LogP contribution in [-0.4, -0.2) is 102 Å². The molecule has 0 aliphatic carbocycles. The van der Waals surface area contributed by atoms with Crippen LogP contribution in [0.15, 0.2) is 60.7 Å². The highest BCUT2D eigenvalue weighted by Crippen LogP contribution is 2.32. The summed E-state index contributed by atoms with van der Waals surface area (Å²) in [6, 6.07) is 23.3. The van der Waals surface area contributed by atoms with Crippen LogP contribution in [0.5, 0.6) is 0 Å². The molecule has 0 bridgehead atoms. The number of rotatable bonds is 28. The second-order valence-electron chi connectivity index (χ2n) is 22.6. The molecule has 0 radical (unpaired) electrons. The third-order valence-corrected chi connectivity index (χ3v) is 55.8. The van der Waals surface area contributed by atoms with E-state index in [4.69, 9.17) is 45.3 Å². The van der Waals surface area contributed by atoms with E-state index in [1.165, 1.54) is 11.1 Å². The molecular formula is C40H90O11Si12. The molecule has 0 fully saturated rings. The lowest BCUT2D eigenvalue weighted by atomic mass is 10.2. The summed E-state index contributed by atoms with van der Waals surface area (Å²) in [6.45, 7) is 51.2. The molecule has 2 aromatic carbocycles. The lowest BCUT2D eigenvalue weighted by Crippen LogP contribution is -2.62. The van der Waals surface area contributed by atoms with Crippen molar-refractivity contribution >= 4 is 102 Å². The van der Waals surface area contributed by atoms with Crippen LogP contribution in [0.3, 0.4) is 0 Å². The Kier molecular flexibility index (Phi) is 21.0. The Labute approximate surface area is 398 Å². The largest absolute Gasteiger partial charge is 0.436 e. The van der Waals surface area contributed by atoms with Crippen molar-refractivity contribution in [3.63, 3.8) is 0 Å². The van der Waals surface area contributed by atoms with Gasteiger partial charge >= 0.3 is 85.6 Å². The van der Waals surface area contributed by atoms with Crippen LogP contribution in [0.4, 0.5) is 0 Å². The average Bonchev–Trinajstić information content (AvgIpc) is 2.97. The molecule has 0 aliphatic heterocycles. The summed E-state index contributed by atoms with van der Waals surface area (Å²) in [6.07, 6.45) is 2.02. The van der Waals surface area contributed by atoms with Gasteiger partial charge in [-0.15, -0.1) is 0 Å². The van der Waals surface area contributed by atoms with Gasteiger partial charge in [0.15, 0.2) is 16.6 Å². The second kappa shape index (κ2) is 22.1. The van der Waals surface area contributed by atoms with Gasteiger partial charge in [-0.2, -0.15) is 0 Å². The van der Waals surface area contributed by atoms with Crippen molar-refractivity contribution in [3.8, 4) is 0 Å². The molecule has 0 spiro atoms. The SMILES string of the molecule is C[Si](C)(CCc1ccccc1)O[Si](C)(C)O[Si](C)(C)O[Si](C)(C)O[Si](C)(C)O[Si](C)(C)O[Si](C)(C)O[Si](C)(C)O[Si](C)(C)O[Si](C)(C)O[Si](C)(C)O[Si](C)(C)CCc1ccccc1. The van der Waals surface area contributed by atoms with Gasteiger partial charge in [0.2, 0.25) is 0 Å². The van der Waals surface area contributed by atoms with Gasteiger partial charge in [-0.1, -0.05) is 60.7 Å². The summed E-state index contributed by atoms with van der Waals surface area (Å²) >= 11 is 0. The van der Waals surface area contributed by atoms with E-state index < -0.39 is 102 Å². The lowest BCUT2D eigenvalue weighted by Gasteiger charge is -2.45. The first kappa shape index (κ1) is 59.7. The predicted octanol–water partition coefficient (Wildman–Crippen LogP) is 13.1. The number of hydrogen-bond donors (Lipinski definition) is 0. The molecule has 0 aromatic heterocycles. The molecule has 0 aliphatic rings. The molecule has 2 rings (SSSR count). The second-order valence-corrected chi connectivity index (χ2v) is 67.6. The summed E-state index contributed by atoms with van der Waals surface area (Å²) in [4.78, 5) is 0. The Morgan fingerprint density at radius 3 is 0.571 bits per heavy atom. The molecule has 63 heavy (non-hydrogen) atoms. The number of hydrogen-bond acceptors (Lipinski definition) is 11. The monoisotopic (exact) mass is 1080 g/mol. The van der Waals surface area contributed by atoms with Crippen LogP contribution < -0.4 is 0 Å². The fourth-order valence-electron chi connectivity index (χ4n) is 9.15. The third kappa shape index (κ3) is 25.7. The van der Waals surface area contributed by atoms with E-state index >= 15 is 0 Å². The first-order valence-corrected chi connectivity index (χ1v) is 57.1. The van der Waals surface area contributed by atoms with Gasteiger partial charge in [0.25, 0.3) is 0 Å². The summed E-state index contributed by atoms with van der Waals surface area (Å²) in [5.41, 5.74) is 2.69. The van der Waals surface area contributed by atoms with Crippen molar-refractivity contribution in [1.82, 2.24) is 0 Å². The minimum atomic E-state index is -2.76. The van der Waals surface area contributed by atoms with Gasteiger partial charge in [0.1, 0.15) is 0 Å². The first-order valence-electron chi connectivity index (χ1n) is 22.7. The summed E-state index contributed by atoms with van der Waals surface area (Å²) < 4.78 is 75.6. The molecule has 23 heteroatoms. The van der Waals surface area contributed by atoms with Crippen molar-refractivity contribution in [2.75, 3.05) is 0 Å². The molecule has 0 amide bonds. The highest BCUT2D eigenvalue weighted by atomic mass is 28.5. The molecule has 0 heterocycles. The van der Waals surface area contributed by atoms with E-state index in [2.05, 4.69) is 218 Å². The smallest absolute Gasteiger partial charge is 0.314 e. The maximum Gasteiger partial charge on any atom is 0.314 e. The first-order chi connectivity index (χ1) is 27.9. The van der Waals surface area contributed by atoms with Gasteiger partial charge in [-0.05, 0) is 193 Å². The lowest BCUT2D eigenvalue weighted by molar-refractivity contribution is 0.253. The topological polar surface area (TPSA) is 102 Å². The van der Waals surface area contributed by atoms with E-state index in [1.807, 2.05) is 0 Å². The quantitative estimate of drug-likeness (QED) is 0.0761. The van der Waals surface area contributed by atoms with Gasteiger partial charge in [0.05, 0.1) is 0 Å². The van der Waals surface area contributed by atoms with E-state index in [1.54, 1.807) is 0 Å².